The number of para-hydroxylation sites is 1. The summed E-state index contributed by atoms with van der Waals surface area (Å²) in [5.74, 6) is 0.797. The summed E-state index contributed by atoms with van der Waals surface area (Å²) < 4.78 is 5.57. The molecule has 0 spiro atoms. The maximum atomic E-state index is 12.1. The molecule has 0 radical (unpaired) electrons. The molecular formula is C21H28N2O2. The van der Waals surface area contributed by atoms with E-state index in [-0.39, 0.29) is 11.9 Å². The molecule has 1 N–H and O–H groups in total. The lowest BCUT2D eigenvalue weighted by Gasteiger charge is -2.25. The van der Waals surface area contributed by atoms with Gasteiger partial charge in [0.1, 0.15) is 5.75 Å². The third kappa shape index (κ3) is 6.24. The Morgan fingerprint density at radius 2 is 1.76 bits per heavy atom. The first-order chi connectivity index (χ1) is 12.1. The van der Waals surface area contributed by atoms with Crippen LogP contribution in [0.25, 0.3) is 0 Å². The van der Waals surface area contributed by atoms with E-state index in [2.05, 4.69) is 41.4 Å². The van der Waals surface area contributed by atoms with Gasteiger partial charge in [0.15, 0.2) is 0 Å². The average Bonchev–Trinajstić information content (AvgIpc) is 2.63. The van der Waals surface area contributed by atoms with Crippen LogP contribution in [0.4, 0.5) is 0 Å². The van der Waals surface area contributed by atoms with Crippen LogP contribution in [0, 0.1) is 0 Å². The van der Waals surface area contributed by atoms with E-state index in [1.807, 2.05) is 44.4 Å². The Bertz CT molecular complexity index is 639. The molecule has 134 valence electrons. The van der Waals surface area contributed by atoms with Crippen molar-refractivity contribution in [3.05, 3.63) is 65.7 Å². The van der Waals surface area contributed by atoms with E-state index in [9.17, 15) is 4.79 Å². The Morgan fingerprint density at radius 3 is 2.36 bits per heavy atom. The molecule has 0 aliphatic heterocycles. The van der Waals surface area contributed by atoms with Gasteiger partial charge in [-0.3, -0.25) is 4.79 Å². The maximum Gasteiger partial charge on any atom is 0.223 e. The number of benzene rings is 2. The lowest BCUT2D eigenvalue weighted by atomic mass is 10.0. The second kappa shape index (κ2) is 9.84. The number of nitrogens with one attached hydrogen (secondary N) is 1. The Hall–Kier alpha value is -2.33. The van der Waals surface area contributed by atoms with E-state index in [1.165, 1.54) is 11.1 Å². The summed E-state index contributed by atoms with van der Waals surface area (Å²) in [6, 6.07) is 18.3. The number of nitrogens with zero attached hydrogens (tertiary/aromatic N) is 1. The molecule has 2 aromatic rings. The zero-order valence-electron chi connectivity index (χ0n) is 15.4. The molecule has 1 amide bonds. The van der Waals surface area contributed by atoms with Crippen LogP contribution in [-0.2, 0) is 11.2 Å². The van der Waals surface area contributed by atoms with E-state index < -0.39 is 0 Å². The highest BCUT2D eigenvalue weighted by molar-refractivity contribution is 5.76. The fraction of sp³-hybridized carbons (Fsp3) is 0.381. The van der Waals surface area contributed by atoms with Gasteiger partial charge in [-0.2, -0.15) is 0 Å². The van der Waals surface area contributed by atoms with Crippen LogP contribution < -0.4 is 10.1 Å². The summed E-state index contributed by atoms with van der Waals surface area (Å²) in [6.07, 6.45) is 1.38. The van der Waals surface area contributed by atoms with Gasteiger partial charge in [-0.15, -0.1) is 0 Å². The third-order valence-corrected chi connectivity index (χ3v) is 4.23. The predicted octanol–water partition coefficient (Wildman–Crippen LogP) is 3.44. The van der Waals surface area contributed by atoms with E-state index in [1.54, 1.807) is 0 Å². The van der Waals surface area contributed by atoms with Gasteiger partial charge in [-0.05, 0) is 43.8 Å². The molecule has 0 heterocycles. The van der Waals surface area contributed by atoms with Crippen molar-refractivity contribution in [3.8, 4) is 5.75 Å². The van der Waals surface area contributed by atoms with Gasteiger partial charge in [0.05, 0.1) is 19.1 Å². The summed E-state index contributed by atoms with van der Waals surface area (Å²) >= 11 is 0. The molecule has 2 rings (SSSR count). The van der Waals surface area contributed by atoms with Crippen molar-refractivity contribution < 1.29 is 9.53 Å². The summed E-state index contributed by atoms with van der Waals surface area (Å²) in [7, 11) is 4.06. The SMILES string of the molecule is CCc1ccc(C(CNC(=O)CCOc2ccccc2)N(C)C)cc1. The number of hydrogen-bond acceptors (Lipinski definition) is 3. The van der Waals surface area contributed by atoms with Gasteiger partial charge in [-0.1, -0.05) is 49.4 Å². The number of likely N-dealkylation sites (N-methyl/N-ethyl adjacent to an activating group) is 1. The fourth-order valence-electron chi connectivity index (χ4n) is 2.65. The van der Waals surface area contributed by atoms with Crippen molar-refractivity contribution in [2.45, 2.75) is 25.8 Å². The molecule has 4 nitrogen and oxygen atoms in total. The van der Waals surface area contributed by atoms with Crippen molar-refractivity contribution in [2.75, 3.05) is 27.2 Å². The number of carbonyl (C=O) groups is 1. The minimum atomic E-state index is 0.00737. The first-order valence-electron chi connectivity index (χ1n) is 8.80. The lowest BCUT2D eigenvalue weighted by molar-refractivity contribution is -0.121. The number of aryl methyl sites for hydroxylation is 1. The van der Waals surface area contributed by atoms with Crippen LogP contribution in [0.15, 0.2) is 54.6 Å². The molecule has 4 heteroatoms. The zero-order valence-corrected chi connectivity index (χ0v) is 15.4. The highest BCUT2D eigenvalue weighted by Gasteiger charge is 2.15. The smallest absolute Gasteiger partial charge is 0.223 e. The first-order valence-corrected chi connectivity index (χ1v) is 8.80. The van der Waals surface area contributed by atoms with E-state index in [0.29, 0.717) is 19.6 Å². The van der Waals surface area contributed by atoms with Crippen molar-refractivity contribution >= 4 is 5.91 Å². The molecule has 1 unspecified atom stereocenters. The molecule has 0 aliphatic rings. The predicted molar refractivity (Wildman–Crippen MR) is 102 cm³/mol. The zero-order chi connectivity index (χ0) is 18.1. The molecule has 0 aromatic heterocycles. The second-order valence-corrected chi connectivity index (χ2v) is 6.29. The summed E-state index contributed by atoms with van der Waals surface area (Å²) in [5, 5.41) is 3.02. The molecule has 0 bridgehead atoms. The summed E-state index contributed by atoms with van der Waals surface area (Å²) in [6.45, 7) is 3.12. The van der Waals surface area contributed by atoms with Gasteiger partial charge in [-0.25, -0.2) is 0 Å². The summed E-state index contributed by atoms with van der Waals surface area (Å²) in [5.41, 5.74) is 2.53. The van der Waals surface area contributed by atoms with Gasteiger partial charge < -0.3 is 15.0 Å². The van der Waals surface area contributed by atoms with Crippen LogP contribution >= 0.6 is 0 Å². The highest BCUT2D eigenvalue weighted by Crippen LogP contribution is 2.18. The van der Waals surface area contributed by atoms with Crippen molar-refractivity contribution in [3.63, 3.8) is 0 Å². The minimum absolute atomic E-state index is 0.00737. The topological polar surface area (TPSA) is 41.6 Å². The van der Waals surface area contributed by atoms with Crippen LogP contribution in [0.5, 0.6) is 5.75 Å². The van der Waals surface area contributed by atoms with Gasteiger partial charge in [0.2, 0.25) is 5.91 Å². The molecule has 1 atom stereocenters. The molecular weight excluding hydrogens is 312 g/mol. The number of carbonyl (C=O) groups excluding carboxylic acids is 1. The monoisotopic (exact) mass is 340 g/mol. The molecule has 0 saturated carbocycles. The third-order valence-electron chi connectivity index (χ3n) is 4.23. The van der Waals surface area contributed by atoms with Crippen molar-refractivity contribution in [1.82, 2.24) is 10.2 Å². The lowest BCUT2D eigenvalue weighted by Crippen LogP contribution is -2.35. The number of ether oxygens (including phenoxy) is 1. The van der Waals surface area contributed by atoms with Crippen LogP contribution in [0.3, 0.4) is 0 Å². The Morgan fingerprint density at radius 1 is 1.08 bits per heavy atom. The summed E-state index contributed by atoms with van der Waals surface area (Å²) in [4.78, 5) is 14.2. The molecule has 2 aromatic carbocycles. The number of rotatable bonds is 9. The molecule has 25 heavy (non-hydrogen) atoms. The average molecular weight is 340 g/mol. The largest absolute Gasteiger partial charge is 0.493 e. The normalized spacial score (nSPS) is 12.0. The van der Waals surface area contributed by atoms with Crippen LogP contribution in [-0.4, -0.2) is 38.1 Å². The van der Waals surface area contributed by atoms with Gasteiger partial charge >= 0.3 is 0 Å². The Balaban J connectivity index is 1.80. The van der Waals surface area contributed by atoms with Crippen LogP contribution in [0.2, 0.25) is 0 Å². The fourth-order valence-corrected chi connectivity index (χ4v) is 2.65. The quantitative estimate of drug-likeness (QED) is 0.760. The van der Waals surface area contributed by atoms with E-state index in [4.69, 9.17) is 4.74 Å². The second-order valence-electron chi connectivity index (χ2n) is 6.29. The van der Waals surface area contributed by atoms with Crippen molar-refractivity contribution in [2.24, 2.45) is 0 Å². The van der Waals surface area contributed by atoms with E-state index in [0.717, 1.165) is 12.2 Å². The minimum Gasteiger partial charge on any atom is -0.493 e. The van der Waals surface area contributed by atoms with Crippen LogP contribution in [0.1, 0.15) is 30.5 Å². The highest BCUT2D eigenvalue weighted by atomic mass is 16.5. The Labute approximate surface area is 150 Å². The van der Waals surface area contributed by atoms with E-state index >= 15 is 0 Å². The standard InChI is InChI=1S/C21H28N2O2/c1-4-17-10-12-18(13-11-17)20(23(2)3)16-22-21(24)14-15-25-19-8-6-5-7-9-19/h5-13,20H,4,14-16H2,1-3H3,(H,22,24). The number of hydrogen-bond donors (Lipinski definition) is 1. The maximum absolute atomic E-state index is 12.1. The molecule has 0 saturated heterocycles. The molecule has 0 aliphatic carbocycles. The molecule has 0 fully saturated rings. The van der Waals surface area contributed by atoms with Gasteiger partial charge in [0.25, 0.3) is 0 Å². The Kier molecular flexibility index (Phi) is 7.48. The number of amides is 1. The van der Waals surface area contributed by atoms with Gasteiger partial charge in [0, 0.05) is 6.54 Å². The first kappa shape index (κ1) is 19.0. The van der Waals surface area contributed by atoms with Crippen molar-refractivity contribution in [1.29, 1.82) is 0 Å².